The second-order valence-electron chi connectivity index (χ2n) is 10.2. The van der Waals surface area contributed by atoms with Crippen molar-refractivity contribution in [3.8, 4) is 44.9 Å². The third kappa shape index (κ3) is 4.16. The highest BCUT2D eigenvalue weighted by Crippen LogP contribution is 2.35. The van der Waals surface area contributed by atoms with E-state index < -0.39 is 0 Å². The van der Waals surface area contributed by atoms with Crippen LogP contribution in [0.25, 0.3) is 77.7 Å². The smallest absolute Gasteiger partial charge is 0.160 e. The van der Waals surface area contributed by atoms with Gasteiger partial charge >= 0.3 is 0 Å². The van der Waals surface area contributed by atoms with Crippen molar-refractivity contribution in [3.05, 3.63) is 146 Å². The maximum atomic E-state index is 6.02. The van der Waals surface area contributed by atoms with Crippen LogP contribution in [0.15, 0.2) is 150 Å². The molecule has 3 heteroatoms. The summed E-state index contributed by atoms with van der Waals surface area (Å²) in [5.41, 5.74) is 10.4. The van der Waals surface area contributed by atoms with Crippen LogP contribution >= 0.6 is 0 Å². The summed E-state index contributed by atoms with van der Waals surface area (Å²) < 4.78 is 6.02. The number of hydrogen-bond donors (Lipinski definition) is 0. The van der Waals surface area contributed by atoms with Gasteiger partial charge in [-0.05, 0) is 52.6 Å². The summed E-state index contributed by atoms with van der Waals surface area (Å²) in [6, 6.07) is 50.4. The lowest BCUT2D eigenvalue weighted by atomic mass is 9.97. The Kier molecular flexibility index (Phi) is 5.46. The number of aromatic nitrogens is 2. The molecule has 0 fully saturated rings. The lowest BCUT2D eigenvalue weighted by Crippen LogP contribution is -1.95. The molecule has 0 saturated carbocycles. The van der Waals surface area contributed by atoms with Gasteiger partial charge in [-0.2, -0.15) is 0 Å². The largest absolute Gasteiger partial charge is 0.456 e. The monoisotopic (exact) mass is 524 g/mol. The lowest BCUT2D eigenvalue weighted by Gasteiger charge is -2.11. The van der Waals surface area contributed by atoms with E-state index in [0.717, 1.165) is 66.6 Å². The van der Waals surface area contributed by atoms with Crippen LogP contribution in [0.4, 0.5) is 0 Å². The number of hydrogen-bond acceptors (Lipinski definition) is 3. The number of nitrogens with zero attached hydrogens (tertiary/aromatic N) is 2. The Morgan fingerprint density at radius 2 is 0.951 bits per heavy atom. The molecule has 0 aliphatic carbocycles. The Hall–Kier alpha value is -5.54. The molecule has 8 rings (SSSR count). The van der Waals surface area contributed by atoms with Gasteiger partial charge in [0.2, 0.25) is 0 Å². The summed E-state index contributed by atoms with van der Waals surface area (Å²) >= 11 is 0. The van der Waals surface area contributed by atoms with Crippen molar-refractivity contribution in [2.45, 2.75) is 0 Å². The fraction of sp³-hybridized carbons (Fsp3) is 0. The predicted octanol–water partition coefficient (Wildman–Crippen LogP) is 10.2. The molecule has 6 aromatic carbocycles. The summed E-state index contributed by atoms with van der Waals surface area (Å²) in [5.74, 6) is 0.728. The molecule has 0 aliphatic heterocycles. The van der Waals surface area contributed by atoms with Gasteiger partial charge in [0, 0.05) is 27.3 Å². The first-order valence-electron chi connectivity index (χ1n) is 13.7. The molecule has 3 nitrogen and oxygen atoms in total. The molecular formula is C38H24N2O. The molecule has 2 aromatic heterocycles. The average molecular weight is 525 g/mol. The SMILES string of the molecule is c1ccc(-c2nc(-c3ccccc3)c3ccc(-c4ccc(-c5ccc6oc7ccccc7c6c5)cc4)cc3n2)cc1. The first-order chi connectivity index (χ1) is 20.3. The van der Waals surface area contributed by atoms with Crippen LogP contribution in [-0.2, 0) is 0 Å². The van der Waals surface area contributed by atoms with Gasteiger partial charge in [0.05, 0.1) is 11.2 Å². The van der Waals surface area contributed by atoms with Crippen molar-refractivity contribution >= 4 is 32.8 Å². The molecule has 0 atom stereocenters. The quantitative estimate of drug-likeness (QED) is 0.230. The minimum Gasteiger partial charge on any atom is -0.456 e. The van der Waals surface area contributed by atoms with Gasteiger partial charge in [-0.25, -0.2) is 9.97 Å². The first kappa shape index (κ1) is 23.4. The van der Waals surface area contributed by atoms with Crippen molar-refractivity contribution in [1.29, 1.82) is 0 Å². The van der Waals surface area contributed by atoms with E-state index in [9.17, 15) is 0 Å². The second-order valence-corrected chi connectivity index (χ2v) is 10.2. The fourth-order valence-corrected chi connectivity index (χ4v) is 5.60. The molecule has 0 amide bonds. The highest BCUT2D eigenvalue weighted by molar-refractivity contribution is 6.06. The Bertz CT molecular complexity index is 2180. The molecule has 0 N–H and O–H groups in total. The van der Waals surface area contributed by atoms with Gasteiger partial charge in [0.15, 0.2) is 5.82 Å². The van der Waals surface area contributed by atoms with E-state index >= 15 is 0 Å². The molecule has 0 bridgehead atoms. The van der Waals surface area contributed by atoms with Gasteiger partial charge < -0.3 is 4.42 Å². The molecule has 0 saturated heterocycles. The molecule has 41 heavy (non-hydrogen) atoms. The van der Waals surface area contributed by atoms with Gasteiger partial charge in [-0.3, -0.25) is 0 Å². The minimum atomic E-state index is 0.728. The van der Waals surface area contributed by atoms with Crippen molar-refractivity contribution in [1.82, 2.24) is 9.97 Å². The number of para-hydroxylation sites is 1. The molecular weight excluding hydrogens is 500 g/mol. The van der Waals surface area contributed by atoms with E-state index in [1.807, 2.05) is 48.5 Å². The van der Waals surface area contributed by atoms with E-state index in [2.05, 4.69) is 97.1 Å². The average Bonchev–Trinajstić information content (AvgIpc) is 3.43. The topological polar surface area (TPSA) is 38.9 Å². The van der Waals surface area contributed by atoms with Crippen molar-refractivity contribution in [2.24, 2.45) is 0 Å². The van der Waals surface area contributed by atoms with E-state index in [4.69, 9.17) is 14.4 Å². The van der Waals surface area contributed by atoms with Crippen LogP contribution in [0.2, 0.25) is 0 Å². The lowest BCUT2D eigenvalue weighted by molar-refractivity contribution is 0.669. The molecule has 0 radical (unpaired) electrons. The van der Waals surface area contributed by atoms with Gasteiger partial charge in [-0.15, -0.1) is 0 Å². The molecule has 0 spiro atoms. The first-order valence-corrected chi connectivity index (χ1v) is 13.7. The summed E-state index contributed by atoms with van der Waals surface area (Å²) in [4.78, 5) is 10.0. The number of furan rings is 1. The zero-order valence-electron chi connectivity index (χ0n) is 22.2. The van der Waals surface area contributed by atoms with E-state index in [1.165, 1.54) is 11.1 Å². The van der Waals surface area contributed by atoms with Crippen LogP contribution in [-0.4, -0.2) is 9.97 Å². The maximum Gasteiger partial charge on any atom is 0.160 e. The summed E-state index contributed by atoms with van der Waals surface area (Å²) in [6.07, 6.45) is 0. The van der Waals surface area contributed by atoms with Crippen LogP contribution < -0.4 is 0 Å². The number of benzene rings is 6. The molecule has 8 aromatic rings. The van der Waals surface area contributed by atoms with Crippen LogP contribution in [0.5, 0.6) is 0 Å². The summed E-state index contributed by atoms with van der Waals surface area (Å²) in [6.45, 7) is 0. The number of fused-ring (bicyclic) bond motifs is 4. The zero-order valence-corrected chi connectivity index (χ0v) is 22.2. The van der Waals surface area contributed by atoms with Crippen molar-refractivity contribution < 1.29 is 4.42 Å². The summed E-state index contributed by atoms with van der Waals surface area (Å²) in [7, 11) is 0. The van der Waals surface area contributed by atoms with Crippen LogP contribution in [0.1, 0.15) is 0 Å². The Labute approximate surface area is 237 Å². The molecule has 2 heterocycles. The van der Waals surface area contributed by atoms with Crippen LogP contribution in [0.3, 0.4) is 0 Å². The van der Waals surface area contributed by atoms with E-state index in [1.54, 1.807) is 0 Å². The molecule has 192 valence electrons. The molecule has 0 unspecified atom stereocenters. The second kappa shape index (κ2) is 9.58. The van der Waals surface area contributed by atoms with Gasteiger partial charge in [0.25, 0.3) is 0 Å². The van der Waals surface area contributed by atoms with Gasteiger partial charge in [0.1, 0.15) is 11.2 Å². The standard InChI is InChI=1S/C38H24N2O/c1-3-9-27(10-4-1)37-32-21-19-30(24-34(32)39-38(40-37)28-11-5-2-6-12-28)26-17-15-25(16-18-26)29-20-22-36-33(23-29)31-13-7-8-14-35(31)41-36/h1-24H. The Balaban J connectivity index is 1.20. The zero-order chi connectivity index (χ0) is 27.2. The Morgan fingerprint density at radius 1 is 0.366 bits per heavy atom. The highest BCUT2D eigenvalue weighted by atomic mass is 16.3. The van der Waals surface area contributed by atoms with Crippen LogP contribution in [0, 0.1) is 0 Å². The predicted molar refractivity (Wildman–Crippen MR) is 169 cm³/mol. The highest BCUT2D eigenvalue weighted by Gasteiger charge is 2.13. The summed E-state index contributed by atoms with van der Waals surface area (Å²) in [5, 5.41) is 3.32. The minimum absolute atomic E-state index is 0.728. The maximum absolute atomic E-state index is 6.02. The molecule has 0 aliphatic rings. The third-order valence-corrected chi connectivity index (χ3v) is 7.70. The van der Waals surface area contributed by atoms with Gasteiger partial charge in [-0.1, -0.05) is 115 Å². The van der Waals surface area contributed by atoms with E-state index in [-0.39, 0.29) is 0 Å². The number of rotatable bonds is 4. The normalized spacial score (nSPS) is 11.4. The third-order valence-electron chi connectivity index (χ3n) is 7.70. The fourth-order valence-electron chi connectivity index (χ4n) is 5.60. The van der Waals surface area contributed by atoms with Crippen molar-refractivity contribution in [3.63, 3.8) is 0 Å². The Morgan fingerprint density at radius 3 is 1.71 bits per heavy atom. The van der Waals surface area contributed by atoms with Crippen molar-refractivity contribution in [2.75, 3.05) is 0 Å². The van der Waals surface area contributed by atoms with E-state index in [0.29, 0.717) is 0 Å².